The fourth-order valence-electron chi connectivity index (χ4n) is 3.29. The van der Waals surface area contributed by atoms with Crippen LogP contribution in [0.25, 0.3) is 21.3 Å². The molecular formula is C23H22N4O2S. The standard InChI is InChI=1S/C23H22N4O2S/c1-15(28)25-18-10-6-7-16(11-18)12-24-22-21-19(17-8-4-3-5-9-17)14-30-23(21)27-20(26-22)13-29-2/h3-11,14H,12-13H2,1-2H3,(H,25,28)(H,24,26,27). The summed E-state index contributed by atoms with van der Waals surface area (Å²) in [6.07, 6.45) is 0. The highest BCUT2D eigenvalue weighted by Gasteiger charge is 2.15. The second-order valence-electron chi connectivity index (χ2n) is 6.85. The van der Waals surface area contributed by atoms with Crippen molar-refractivity contribution in [3.8, 4) is 11.1 Å². The summed E-state index contributed by atoms with van der Waals surface area (Å²) in [5.74, 6) is 1.32. The van der Waals surface area contributed by atoms with Crippen LogP contribution in [-0.2, 0) is 22.7 Å². The van der Waals surface area contributed by atoms with Gasteiger partial charge in [-0.1, -0.05) is 42.5 Å². The Morgan fingerprint density at radius 2 is 1.93 bits per heavy atom. The molecule has 0 bridgehead atoms. The molecule has 152 valence electrons. The average Bonchev–Trinajstić information content (AvgIpc) is 3.17. The van der Waals surface area contributed by atoms with Gasteiger partial charge >= 0.3 is 0 Å². The Morgan fingerprint density at radius 3 is 2.70 bits per heavy atom. The minimum absolute atomic E-state index is 0.0902. The van der Waals surface area contributed by atoms with Gasteiger partial charge in [0.25, 0.3) is 0 Å². The number of hydrogen-bond donors (Lipinski definition) is 2. The van der Waals surface area contributed by atoms with Gasteiger partial charge < -0.3 is 15.4 Å². The van der Waals surface area contributed by atoms with E-state index in [1.807, 2.05) is 42.5 Å². The molecule has 0 aliphatic rings. The van der Waals surface area contributed by atoms with Crippen molar-refractivity contribution in [2.75, 3.05) is 17.7 Å². The molecule has 0 atom stereocenters. The molecule has 2 heterocycles. The normalized spacial score (nSPS) is 10.9. The second kappa shape index (κ2) is 9.02. The molecule has 4 aromatic rings. The highest BCUT2D eigenvalue weighted by atomic mass is 32.1. The molecule has 0 unspecified atom stereocenters. The molecule has 7 heteroatoms. The van der Waals surface area contributed by atoms with Gasteiger partial charge in [0.2, 0.25) is 5.91 Å². The highest BCUT2D eigenvalue weighted by Crippen LogP contribution is 2.37. The van der Waals surface area contributed by atoms with E-state index >= 15 is 0 Å². The number of benzene rings is 2. The topological polar surface area (TPSA) is 76.1 Å². The number of methoxy groups -OCH3 is 1. The van der Waals surface area contributed by atoms with E-state index in [4.69, 9.17) is 9.72 Å². The number of aromatic nitrogens is 2. The quantitative estimate of drug-likeness (QED) is 0.438. The Labute approximate surface area is 179 Å². The number of carbonyl (C=O) groups excluding carboxylic acids is 1. The first-order valence-electron chi connectivity index (χ1n) is 9.57. The summed E-state index contributed by atoms with van der Waals surface area (Å²) in [5, 5.41) is 9.41. The molecule has 4 rings (SSSR count). The van der Waals surface area contributed by atoms with Crippen molar-refractivity contribution in [1.82, 2.24) is 9.97 Å². The molecule has 0 spiro atoms. The first-order valence-corrected chi connectivity index (χ1v) is 10.4. The Morgan fingerprint density at radius 1 is 1.10 bits per heavy atom. The SMILES string of the molecule is COCc1nc(NCc2cccc(NC(C)=O)c2)c2c(-c3ccccc3)csc2n1. The fourth-order valence-corrected chi connectivity index (χ4v) is 4.25. The summed E-state index contributed by atoms with van der Waals surface area (Å²) in [4.78, 5) is 21.7. The van der Waals surface area contributed by atoms with Gasteiger partial charge in [0, 0.05) is 37.2 Å². The lowest BCUT2D eigenvalue weighted by Crippen LogP contribution is -2.08. The van der Waals surface area contributed by atoms with E-state index in [2.05, 4.69) is 33.1 Å². The zero-order chi connectivity index (χ0) is 20.9. The molecule has 6 nitrogen and oxygen atoms in total. The van der Waals surface area contributed by atoms with E-state index in [0.717, 1.165) is 38.4 Å². The van der Waals surface area contributed by atoms with Crippen molar-refractivity contribution >= 4 is 39.0 Å². The Balaban J connectivity index is 1.70. The molecule has 2 aromatic heterocycles. The van der Waals surface area contributed by atoms with E-state index in [0.29, 0.717) is 19.0 Å². The predicted octanol–water partition coefficient (Wildman–Crippen LogP) is 5.08. The monoisotopic (exact) mass is 418 g/mol. The highest BCUT2D eigenvalue weighted by molar-refractivity contribution is 7.17. The fraction of sp³-hybridized carbons (Fsp3) is 0.174. The molecule has 1 amide bonds. The van der Waals surface area contributed by atoms with Crippen LogP contribution in [0.15, 0.2) is 60.0 Å². The number of carbonyl (C=O) groups is 1. The van der Waals surface area contributed by atoms with Gasteiger partial charge in [-0.25, -0.2) is 9.97 Å². The first kappa shape index (κ1) is 20.0. The summed E-state index contributed by atoms with van der Waals surface area (Å²) in [7, 11) is 1.64. The molecule has 0 fully saturated rings. The minimum Gasteiger partial charge on any atom is -0.377 e. The van der Waals surface area contributed by atoms with Crippen LogP contribution in [0.4, 0.5) is 11.5 Å². The zero-order valence-electron chi connectivity index (χ0n) is 16.8. The van der Waals surface area contributed by atoms with Crippen LogP contribution >= 0.6 is 11.3 Å². The lowest BCUT2D eigenvalue weighted by atomic mass is 10.1. The van der Waals surface area contributed by atoms with Crippen molar-refractivity contribution in [3.63, 3.8) is 0 Å². The van der Waals surface area contributed by atoms with Crippen LogP contribution in [0.5, 0.6) is 0 Å². The lowest BCUT2D eigenvalue weighted by Gasteiger charge is -2.11. The summed E-state index contributed by atoms with van der Waals surface area (Å²) in [6, 6.07) is 18.0. The van der Waals surface area contributed by atoms with Gasteiger partial charge in [0.1, 0.15) is 17.3 Å². The van der Waals surface area contributed by atoms with Crippen LogP contribution in [0.3, 0.4) is 0 Å². The zero-order valence-corrected chi connectivity index (χ0v) is 17.6. The summed E-state index contributed by atoms with van der Waals surface area (Å²) in [6.45, 7) is 2.42. The van der Waals surface area contributed by atoms with E-state index in [1.54, 1.807) is 18.4 Å². The van der Waals surface area contributed by atoms with Crippen LogP contribution in [0.1, 0.15) is 18.3 Å². The van der Waals surface area contributed by atoms with Crippen molar-refractivity contribution in [2.24, 2.45) is 0 Å². The maximum absolute atomic E-state index is 11.3. The third kappa shape index (κ3) is 4.48. The van der Waals surface area contributed by atoms with E-state index in [1.165, 1.54) is 6.92 Å². The van der Waals surface area contributed by atoms with Gasteiger partial charge in [0.15, 0.2) is 5.82 Å². The molecule has 30 heavy (non-hydrogen) atoms. The maximum Gasteiger partial charge on any atom is 0.221 e. The molecule has 0 saturated heterocycles. The third-order valence-corrected chi connectivity index (χ3v) is 5.42. The predicted molar refractivity (Wildman–Crippen MR) is 122 cm³/mol. The second-order valence-corrected chi connectivity index (χ2v) is 7.71. The molecule has 2 N–H and O–H groups in total. The number of ether oxygens (including phenoxy) is 1. The van der Waals surface area contributed by atoms with E-state index < -0.39 is 0 Å². The van der Waals surface area contributed by atoms with Crippen LogP contribution in [-0.4, -0.2) is 23.0 Å². The third-order valence-electron chi connectivity index (χ3n) is 4.55. The number of thiophene rings is 1. The Kier molecular flexibility index (Phi) is 6.02. The molecule has 0 aliphatic heterocycles. The number of nitrogens with one attached hydrogen (secondary N) is 2. The van der Waals surface area contributed by atoms with Crippen molar-refractivity contribution < 1.29 is 9.53 Å². The molecular weight excluding hydrogens is 396 g/mol. The number of amides is 1. The summed E-state index contributed by atoms with van der Waals surface area (Å²) in [5.41, 5.74) is 4.05. The van der Waals surface area contributed by atoms with Gasteiger partial charge in [-0.15, -0.1) is 11.3 Å². The number of fused-ring (bicyclic) bond motifs is 1. The minimum atomic E-state index is -0.0902. The summed E-state index contributed by atoms with van der Waals surface area (Å²) < 4.78 is 5.25. The Hall–Kier alpha value is -3.29. The number of nitrogens with zero attached hydrogens (tertiary/aromatic N) is 2. The summed E-state index contributed by atoms with van der Waals surface area (Å²) >= 11 is 1.60. The van der Waals surface area contributed by atoms with Crippen molar-refractivity contribution in [2.45, 2.75) is 20.1 Å². The largest absolute Gasteiger partial charge is 0.377 e. The number of rotatable bonds is 7. The number of hydrogen-bond acceptors (Lipinski definition) is 6. The van der Waals surface area contributed by atoms with E-state index in [-0.39, 0.29) is 5.91 Å². The van der Waals surface area contributed by atoms with Gasteiger partial charge in [-0.05, 0) is 23.3 Å². The van der Waals surface area contributed by atoms with Crippen LogP contribution in [0, 0.1) is 0 Å². The smallest absolute Gasteiger partial charge is 0.221 e. The van der Waals surface area contributed by atoms with E-state index in [9.17, 15) is 4.79 Å². The maximum atomic E-state index is 11.3. The molecule has 0 aliphatic carbocycles. The van der Waals surface area contributed by atoms with Gasteiger partial charge in [-0.3, -0.25) is 4.79 Å². The average molecular weight is 419 g/mol. The van der Waals surface area contributed by atoms with Crippen LogP contribution < -0.4 is 10.6 Å². The number of anilines is 2. The van der Waals surface area contributed by atoms with Crippen molar-refractivity contribution in [1.29, 1.82) is 0 Å². The van der Waals surface area contributed by atoms with Gasteiger partial charge in [-0.2, -0.15) is 0 Å². The lowest BCUT2D eigenvalue weighted by molar-refractivity contribution is -0.114. The van der Waals surface area contributed by atoms with Gasteiger partial charge in [0.05, 0.1) is 5.39 Å². The van der Waals surface area contributed by atoms with Crippen molar-refractivity contribution in [3.05, 3.63) is 71.4 Å². The first-order chi connectivity index (χ1) is 14.6. The molecule has 0 radical (unpaired) electrons. The Bertz CT molecular complexity index is 1170. The molecule has 2 aromatic carbocycles. The van der Waals surface area contributed by atoms with Crippen LogP contribution in [0.2, 0.25) is 0 Å². The molecule has 0 saturated carbocycles.